The Morgan fingerprint density at radius 2 is 1.33 bits per heavy atom. The van der Waals surface area contributed by atoms with Crippen molar-refractivity contribution in [1.82, 2.24) is 0 Å². The van der Waals surface area contributed by atoms with E-state index in [1.54, 1.807) is 25.3 Å². The smallest absolute Gasteiger partial charge is 0.269 e. The Kier molecular flexibility index (Phi) is 14.1. The summed E-state index contributed by atoms with van der Waals surface area (Å²) in [7, 11) is 1.55. The SMILES string of the molecule is CCCCCCCCCCCCCCCC(=O)Nc1cc(Oc2ccc([N+](=O)[O-])cc2)ccc1OC. The number of nitro benzene ring substituents is 1. The summed E-state index contributed by atoms with van der Waals surface area (Å²) in [6.07, 6.45) is 17.0. The van der Waals surface area contributed by atoms with E-state index >= 15 is 0 Å². The summed E-state index contributed by atoms with van der Waals surface area (Å²) < 4.78 is 11.2. The fraction of sp³-hybridized carbons (Fsp3) is 0.552. The number of carbonyl (C=O) groups is 1. The van der Waals surface area contributed by atoms with Crippen LogP contribution in [-0.4, -0.2) is 17.9 Å². The van der Waals surface area contributed by atoms with Gasteiger partial charge in [-0.2, -0.15) is 0 Å². The van der Waals surface area contributed by atoms with E-state index in [0.717, 1.165) is 12.8 Å². The average molecular weight is 499 g/mol. The van der Waals surface area contributed by atoms with Gasteiger partial charge in [0.05, 0.1) is 17.7 Å². The fourth-order valence-corrected chi connectivity index (χ4v) is 4.14. The highest BCUT2D eigenvalue weighted by molar-refractivity contribution is 5.92. The van der Waals surface area contributed by atoms with Crippen molar-refractivity contribution < 1.29 is 19.2 Å². The number of non-ortho nitro benzene ring substituents is 1. The third kappa shape index (κ3) is 11.6. The lowest BCUT2D eigenvalue weighted by molar-refractivity contribution is -0.384. The Labute approximate surface area is 215 Å². The standard InChI is InChI=1S/C29H42N2O5/c1-3-4-5-6-7-8-9-10-11-12-13-14-15-16-29(32)30-27-23-26(21-22-28(27)35-2)36-25-19-17-24(18-20-25)31(33)34/h17-23H,3-16H2,1-2H3,(H,30,32). The van der Waals surface area contributed by atoms with Crippen LogP contribution in [0, 0.1) is 10.1 Å². The van der Waals surface area contributed by atoms with Crippen LogP contribution in [0.3, 0.4) is 0 Å². The maximum Gasteiger partial charge on any atom is 0.269 e. The zero-order chi connectivity index (χ0) is 26.0. The van der Waals surface area contributed by atoms with Gasteiger partial charge in [0.15, 0.2) is 0 Å². The fourth-order valence-electron chi connectivity index (χ4n) is 4.14. The van der Waals surface area contributed by atoms with E-state index in [2.05, 4.69) is 12.2 Å². The van der Waals surface area contributed by atoms with Gasteiger partial charge in [-0.3, -0.25) is 14.9 Å². The highest BCUT2D eigenvalue weighted by atomic mass is 16.6. The molecule has 0 saturated heterocycles. The maximum absolute atomic E-state index is 12.5. The van der Waals surface area contributed by atoms with E-state index in [0.29, 0.717) is 29.4 Å². The minimum absolute atomic E-state index is 0.00167. The van der Waals surface area contributed by atoms with Crippen molar-refractivity contribution in [2.45, 2.75) is 96.8 Å². The van der Waals surface area contributed by atoms with Gasteiger partial charge in [0.2, 0.25) is 5.91 Å². The van der Waals surface area contributed by atoms with Gasteiger partial charge in [-0.25, -0.2) is 0 Å². The summed E-state index contributed by atoms with van der Waals surface area (Å²) in [5.74, 6) is 1.46. The van der Waals surface area contributed by atoms with E-state index in [1.165, 1.54) is 94.9 Å². The quantitative estimate of drug-likeness (QED) is 0.119. The van der Waals surface area contributed by atoms with Crippen molar-refractivity contribution in [2.24, 2.45) is 0 Å². The van der Waals surface area contributed by atoms with Crippen LogP contribution in [0.2, 0.25) is 0 Å². The number of amides is 1. The number of nitro groups is 1. The summed E-state index contributed by atoms with van der Waals surface area (Å²) in [6, 6.07) is 11.0. The highest BCUT2D eigenvalue weighted by Gasteiger charge is 2.11. The van der Waals surface area contributed by atoms with Crippen LogP contribution < -0.4 is 14.8 Å². The topological polar surface area (TPSA) is 90.7 Å². The molecule has 0 unspecified atom stereocenters. The Bertz CT molecular complexity index is 914. The molecule has 0 saturated carbocycles. The molecule has 0 aliphatic carbocycles. The first-order chi connectivity index (χ1) is 17.5. The molecular formula is C29H42N2O5. The predicted octanol–water partition coefficient (Wildman–Crippen LogP) is 8.82. The van der Waals surface area contributed by atoms with Gasteiger partial charge in [0, 0.05) is 24.6 Å². The molecule has 0 spiro atoms. The minimum atomic E-state index is -0.456. The van der Waals surface area contributed by atoms with Crippen molar-refractivity contribution in [1.29, 1.82) is 0 Å². The molecule has 2 rings (SSSR count). The summed E-state index contributed by atoms with van der Waals surface area (Å²) in [4.78, 5) is 22.8. The summed E-state index contributed by atoms with van der Waals surface area (Å²) in [5.41, 5.74) is 0.537. The number of hydrogen-bond donors (Lipinski definition) is 1. The highest BCUT2D eigenvalue weighted by Crippen LogP contribution is 2.32. The molecule has 198 valence electrons. The molecule has 0 aromatic heterocycles. The zero-order valence-electron chi connectivity index (χ0n) is 21.9. The van der Waals surface area contributed by atoms with Crippen LogP contribution in [0.5, 0.6) is 17.2 Å². The summed E-state index contributed by atoms with van der Waals surface area (Å²) in [5, 5.41) is 13.7. The molecule has 0 heterocycles. The molecule has 7 nitrogen and oxygen atoms in total. The number of nitrogens with one attached hydrogen (secondary N) is 1. The van der Waals surface area contributed by atoms with Crippen LogP contribution >= 0.6 is 0 Å². The second-order valence-corrected chi connectivity index (χ2v) is 9.26. The molecule has 36 heavy (non-hydrogen) atoms. The van der Waals surface area contributed by atoms with Crippen molar-refractivity contribution in [2.75, 3.05) is 12.4 Å². The second kappa shape index (κ2) is 17.4. The maximum atomic E-state index is 12.5. The van der Waals surface area contributed by atoms with Gasteiger partial charge in [0.1, 0.15) is 17.2 Å². The first kappa shape index (κ1) is 29.1. The number of benzene rings is 2. The van der Waals surface area contributed by atoms with Gasteiger partial charge >= 0.3 is 0 Å². The van der Waals surface area contributed by atoms with Crippen LogP contribution in [0.1, 0.15) is 96.8 Å². The molecule has 0 bridgehead atoms. The summed E-state index contributed by atoms with van der Waals surface area (Å²) >= 11 is 0. The molecule has 0 aliphatic heterocycles. The number of rotatable bonds is 19. The Morgan fingerprint density at radius 1 is 0.806 bits per heavy atom. The molecule has 0 fully saturated rings. The Balaban J connectivity index is 1.66. The van der Waals surface area contributed by atoms with Crippen LogP contribution in [0.4, 0.5) is 11.4 Å². The van der Waals surface area contributed by atoms with Crippen LogP contribution in [0.25, 0.3) is 0 Å². The summed E-state index contributed by atoms with van der Waals surface area (Å²) in [6.45, 7) is 2.26. The number of anilines is 1. The number of methoxy groups -OCH3 is 1. The number of hydrogen-bond acceptors (Lipinski definition) is 5. The van der Waals surface area contributed by atoms with Gasteiger partial charge in [-0.15, -0.1) is 0 Å². The Morgan fingerprint density at radius 3 is 1.86 bits per heavy atom. The van der Waals surface area contributed by atoms with Crippen LogP contribution in [0.15, 0.2) is 42.5 Å². The third-order valence-electron chi connectivity index (χ3n) is 6.24. The molecule has 0 atom stereocenters. The van der Waals surface area contributed by atoms with Gasteiger partial charge in [0.25, 0.3) is 5.69 Å². The lowest BCUT2D eigenvalue weighted by Crippen LogP contribution is -2.12. The predicted molar refractivity (Wildman–Crippen MR) is 145 cm³/mol. The molecular weight excluding hydrogens is 456 g/mol. The molecule has 7 heteroatoms. The molecule has 0 aliphatic rings. The zero-order valence-corrected chi connectivity index (χ0v) is 21.9. The van der Waals surface area contributed by atoms with Crippen LogP contribution in [-0.2, 0) is 4.79 Å². The number of nitrogens with zero attached hydrogens (tertiary/aromatic N) is 1. The van der Waals surface area contributed by atoms with Crippen molar-refractivity contribution >= 4 is 17.3 Å². The van der Waals surface area contributed by atoms with Gasteiger partial charge in [-0.1, -0.05) is 84.0 Å². The monoisotopic (exact) mass is 498 g/mol. The lowest BCUT2D eigenvalue weighted by atomic mass is 10.0. The van der Waals surface area contributed by atoms with Crippen molar-refractivity contribution in [3.05, 3.63) is 52.6 Å². The second-order valence-electron chi connectivity index (χ2n) is 9.26. The normalized spacial score (nSPS) is 10.7. The number of unbranched alkanes of at least 4 members (excludes halogenated alkanes) is 12. The molecule has 2 aromatic rings. The van der Waals surface area contributed by atoms with E-state index in [9.17, 15) is 14.9 Å². The first-order valence-electron chi connectivity index (χ1n) is 13.4. The minimum Gasteiger partial charge on any atom is -0.495 e. The van der Waals surface area contributed by atoms with Gasteiger partial charge in [-0.05, 0) is 30.7 Å². The molecule has 1 amide bonds. The number of ether oxygens (including phenoxy) is 2. The van der Waals surface area contributed by atoms with Crippen molar-refractivity contribution in [3.63, 3.8) is 0 Å². The van der Waals surface area contributed by atoms with E-state index < -0.39 is 4.92 Å². The number of carbonyl (C=O) groups excluding carboxylic acids is 1. The molecule has 1 N–H and O–H groups in total. The van der Waals surface area contributed by atoms with E-state index in [4.69, 9.17) is 9.47 Å². The molecule has 2 aromatic carbocycles. The molecule has 0 radical (unpaired) electrons. The average Bonchev–Trinajstić information content (AvgIpc) is 2.87. The van der Waals surface area contributed by atoms with E-state index in [-0.39, 0.29) is 11.6 Å². The largest absolute Gasteiger partial charge is 0.495 e. The van der Waals surface area contributed by atoms with Crippen molar-refractivity contribution in [3.8, 4) is 17.2 Å². The Hall–Kier alpha value is -3.09. The van der Waals surface area contributed by atoms with Gasteiger partial charge < -0.3 is 14.8 Å². The first-order valence-corrected chi connectivity index (χ1v) is 13.4. The van der Waals surface area contributed by atoms with E-state index in [1.807, 2.05) is 0 Å². The third-order valence-corrected chi connectivity index (χ3v) is 6.24. The lowest BCUT2D eigenvalue weighted by Gasteiger charge is -2.13.